The van der Waals surface area contributed by atoms with Crippen molar-refractivity contribution in [3.05, 3.63) is 42.0 Å². The van der Waals surface area contributed by atoms with Crippen LogP contribution in [0, 0.1) is 0 Å². The molecule has 22 heavy (non-hydrogen) atoms. The van der Waals surface area contributed by atoms with Crippen molar-refractivity contribution in [3.63, 3.8) is 0 Å². The van der Waals surface area contributed by atoms with Gasteiger partial charge in [-0.2, -0.15) is 8.42 Å². The lowest BCUT2D eigenvalue weighted by Crippen LogP contribution is -2.02. The molecule has 0 saturated heterocycles. The van der Waals surface area contributed by atoms with Crippen molar-refractivity contribution in [2.75, 3.05) is 13.2 Å². The average molecular weight is 325 g/mol. The van der Waals surface area contributed by atoms with Gasteiger partial charge in [0.1, 0.15) is 4.90 Å². The van der Waals surface area contributed by atoms with Gasteiger partial charge in [-0.05, 0) is 29.9 Å². The Bertz CT molecular complexity index is 696. The highest BCUT2D eigenvalue weighted by Crippen LogP contribution is 2.26. The molecule has 0 spiro atoms. The van der Waals surface area contributed by atoms with Crippen molar-refractivity contribution in [1.29, 1.82) is 0 Å². The summed E-state index contributed by atoms with van der Waals surface area (Å²) in [4.78, 5) is -0.0154. The summed E-state index contributed by atoms with van der Waals surface area (Å²) in [6.45, 7) is 2.59. The minimum Gasteiger partial charge on any atom is -0.395 e. The Hall–Kier alpha value is -1.47. The van der Waals surface area contributed by atoms with Crippen molar-refractivity contribution in [1.82, 2.24) is 0 Å². The van der Waals surface area contributed by atoms with E-state index in [4.69, 9.17) is 10.8 Å². The van der Waals surface area contributed by atoms with Gasteiger partial charge < -0.3 is 10.8 Å². The van der Waals surface area contributed by atoms with Crippen LogP contribution in [0.1, 0.15) is 25.3 Å². The summed E-state index contributed by atoms with van der Waals surface area (Å²) >= 11 is 0. The molecule has 0 unspecified atom stereocenters. The number of unbranched alkanes of at least 4 members (excludes halogenated alkanes) is 1. The molecule has 0 bridgehead atoms. The van der Waals surface area contributed by atoms with Crippen LogP contribution < -0.4 is 5.73 Å². The van der Waals surface area contributed by atoms with Crippen LogP contribution in [0.2, 0.25) is 0 Å². The number of benzene rings is 2. The number of hydrogen-bond donors (Lipinski definition) is 3. The molecule has 6 heteroatoms. The van der Waals surface area contributed by atoms with E-state index in [-0.39, 0.29) is 11.5 Å². The molecule has 2 aromatic rings. The van der Waals surface area contributed by atoms with E-state index in [9.17, 15) is 13.0 Å². The second-order valence-electron chi connectivity index (χ2n) is 4.86. The van der Waals surface area contributed by atoms with Crippen LogP contribution in [0.5, 0.6) is 0 Å². The molecule has 5 nitrogen and oxygen atoms in total. The predicted molar refractivity (Wildman–Crippen MR) is 88.5 cm³/mol. The van der Waals surface area contributed by atoms with Crippen LogP contribution in [-0.4, -0.2) is 31.2 Å². The van der Waals surface area contributed by atoms with Gasteiger partial charge in [0, 0.05) is 11.9 Å². The molecule has 122 valence electrons. The molecular weight excluding hydrogens is 302 g/mol. The number of nitrogens with two attached hydrogens (primary N) is 1. The normalized spacial score (nSPS) is 11.1. The topological polar surface area (TPSA) is 101 Å². The molecule has 0 heterocycles. The third-order valence-electron chi connectivity index (χ3n) is 3.18. The Kier molecular flexibility index (Phi) is 7.47. The Morgan fingerprint density at radius 2 is 1.68 bits per heavy atom. The third-order valence-corrected chi connectivity index (χ3v) is 4.09. The second kappa shape index (κ2) is 8.85. The number of fused-ring (bicyclic) bond motifs is 1. The predicted octanol–water partition coefficient (Wildman–Crippen LogP) is 2.37. The monoisotopic (exact) mass is 325 g/mol. The smallest absolute Gasteiger partial charge is 0.295 e. The second-order valence-corrected chi connectivity index (χ2v) is 6.25. The minimum absolute atomic E-state index is 0.0154. The molecule has 0 radical (unpaired) electrons. The number of aliphatic hydroxyl groups excluding tert-OH is 1. The summed E-state index contributed by atoms with van der Waals surface area (Å²) in [5.41, 5.74) is 5.90. The molecule has 0 saturated carbocycles. The molecule has 0 atom stereocenters. The number of aliphatic hydroxyl groups is 1. The largest absolute Gasteiger partial charge is 0.395 e. The van der Waals surface area contributed by atoms with E-state index in [1.165, 1.54) is 6.07 Å². The zero-order valence-electron chi connectivity index (χ0n) is 12.7. The van der Waals surface area contributed by atoms with Crippen molar-refractivity contribution in [2.24, 2.45) is 5.73 Å². The summed E-state index contributed by atoms with van der Waals surface area (Å²) in [5, 5.41) is 9.25. The van der Waals surface area contributed by atoms with Gasteiger partial charge in [0.05, 0.1) is 6.61 Å². The molecule has 2 aromatic carbocycles. The van der Waals surface area contributed by atoms with Gasteiger partial charge in [0.25, 0.3) is 10.1 Å². The van der Waals surface area contributed by atoms with E-state index in [1.54, 1.807) is 12.1 Å². The van der Waals surface area contributed by atoms with Gasteiger partial charge in [-0.25, -0.2) is 0 Å². The van der Waals surface area contributed by atoms with Crippen LogP contribution in [-0.2, 0) is 16.5 Å². The van der Waals surface area contributed by atoms with Crippen molar-refractivity contribution >= 4 is 20.9 Å². The van der Waals surface area contributed by atoms with Crippen molar-refractivity contribution < 1.29 is 18.1 Å². The molecule has 0 aliphatic carbocycles. The molecule has 0 fully saturated rings. The molecule has 0 aliphatic heterocycles. The molecular formula is C16H23NO4S. The van der Waals surface area contributed by atoms with Gasteiger partial charge in [-0.1, -0.05) is 43.7 Å². The number of hydrogen-bond acceptors (Lipinski definition) is 4. The minimum atomic E-state index is -4.17. The summed E-state index contributed by atoms with van der Waals surface area (Å²) < 4.78 is 31.9. The number of aryl methyl sites for hydroxylation is 1. The number of rotatable bonds is 5. The first kappa shape index (κ1) is 18.6. The first-order valence-electron chi connectivity index (χ1n) is 7.24. The highest BCUT2D eigenvalue weighted by molar-refractivity contribution is 7.86. The van der Waals surface area contributed by atoms with E-state index in [0.717, 1.165) is 30.2 Å². The fourth-order valence-electron chi connectivity index (χ4n) is 2.16. The third kappa shape index (κ3) is 5.06. The summed E-state index contributed by atoms with van der Waals surface area (Å²) in [5.74, 6) is 0. The van der Waals surface area contributed by atoms with Crippen LogP contribution in [0.25, 0.3) is 10.8 Å². The van der Waals surface area contributed by atoms with Crippen LogP contribution in [0.15, 0.2) is 41.3 Å². The van der Waals surface area contributed by atoms with E-state index in [1.807, 2.05) is 18.2 Å². The summed E-state index contributed by atoms with van der Waals surface area (Å²) in [7, 11) is -4.17. The summed E-state index contributed by atoms with van der Waals surface area (Å²) in [6.07, 6.45) is 3.08. The van der Waals surface area contributed by atoms with Crippen LogP contribution >= 0.6 is 0 Å². The maximum absolute atomic E-state index is 11.3. The molecule has 0 aliphatic rings. The lowest BCUT2D eigenvalue weighted by atomic mass is 10.0. The van der Waals surface area contributed by atoms with Gasteiger partial charge >= 0.3 is 0 Å². The highest BCUT2D eigenvalue weighted by Gasteiger charge is 2.14. The molecule has 4 N–H and O–H groups in total. The van der Waals surface area contributed by atoms with Crippen LogP contribution in [0.4, 0.5) is 0 Å². The lowest BCUT2D eigenvalue weighted by Gasteiger charge is -2.08. The van der Waals surface area contributed by atoms with Gasteiger partial charge in [-0.15, -0.1) is 0 Å². The van der Waals surface area contributed by atoms with Gasteiger partial charge in [-0.3, -0.25) is 4.55 Å². The maximum Gasteiger partial charge on any atom is 0.295 e. The Balaban J connectivity index is 0.000000541. The first-order chi connectivity index (χ1) is 10.5. The average Bonchev–Trinajstić information content (AvgIpc) is 2.51. The SMILES string of the molecule is CCCCc1cccc2c(S(=O)(=O)O)cccc12.NCCO. The maximum atomic E-state index is 11.3. The molecule has 0 amide bonds. The van der Waals surface area contributed by atoms with E-state index < -0.39 is 10.1 Å². The quantitative estimate of drug-likeness (QED) is 0.733. The zero-order chi connectivity index (χ0) is 16.6. The summed E-state index contributed by atoms with van der Waals surface area (Å²) in [6, 6.07) is 10.6. The fraction of sp³-hybridized carbons (Fsp3) is 0.375. The van der Waals surface area contributed by atoms with Gasteiger partial charge in [0.15, 0.2) is 0 Å². The van der Waals surface area contributed by atoms with Crippen molar-refractivity contribution in [3.8, 4) is 0 Å². The highest BCUT2D eigenvalue weighted by atomic mass is 32.2. The van der Waals surface area contributed by atoms with E-state index in [0.29, 0.717) is 11.9 Å². The standard InChI is InChI=1S/C14H16O3S.C2H7NO/c1-2-3-6-11-7-4-9-13-12(11)8-5-10-14(13)18(15,16)17;3-1-2-4/h4-5,7-10H,2-3,6H2,1H3,(H,15,16,17);4H,1-3H2. The van der Waals surface area contributed by atoms with Crippen molar-refractivity contribution in [2.45, 2.75) is 31.1 Å². The van der Waals surface area contributed by atoms with Crippen LogP contribution in [0.3, 0.4) is 0 Å². The lowest BCUT2D eigenvalue weighted by molar-refractivity contribution is 0.306. The Morgan fingerprint density at radius 1 is 1.09 bits per heavy atom. The Labute approximate surface area is 131 Å². The first-order valence-corrected chi connectivity index (χ1v) is 8.68. The molecule has 0 aromatic heterocycles. The Morgan fingerprint density at radius 3 is 2.23 bits per heavy atom. The van der Waals surface area contributed by atoms with Gasteiger partial charge in [0.2, 0.25) is 0 Å². The zero-order valence-corrected chi connectivity index (χ0v) is 13.5. The molecule has 2 rings (SSSR count). The van der Waals surface area contributed by atoms with E-state index >= 15 is 0 Å². The van der Waals surface area contributed by atoms with E-state index in [2.05, 4.69) is 6.92 Å². The fourth-order valence-corrected chi connectivity index (χ4v) is 2.86.